The van der Waals surface area contributed by atoms with E-state index in [-0.39, 0.29) is 12.3 Å². The summed E-state index contributed by atoms with van der Waals surface area (Å²) in [5.74, 6) is -0.0337. The quantitative estimate of drug-likeness (QED) is 0.864. The SMILES string of the molecule is COc1ccc2[nH]c(C(=O)OC3CCOC3=O)cc2c1OC. The fourth-order valence-electron chi connectivity index (χ4n) is 2.42. The van der Waals surface area contributed by atoms with E-state index in [1.165, 1.54) is 14.2 Å². The molecule has 0 radical (unpaired) electrons. The van der Waals surface area contributed by atoms with Gasteiger partial charge in [-0.15, -0.1) is 0 Å². The van der Waals surface area contributed by atoms with E-state index in [2.05, 4.69) is 4.98 Å². The van der Waals surface area contributed by atoms with Gasteiger partial charge in [-0.25, -0.2) is 9.59 Å². The van der Waals surface area contributed by atoms with Crippen LogP contribution >= 0.6 is 0 Å². The van der Waals surface area contributed by atoms with Gasteiger partial charge in [0.25, 0.3) is 0 Å². The smallest absolute Gasteiger partial charge is 0.355 e. The molecular weight excluding hydrogens is 290 g/mol. The molecule has 1 aliphatic rings. The van der Waals surface area contributed by atoms with Crippen molar-refractivity contribution >= 4 is 22.8 Å². The third-order valence-electron chi connectivity index (χ3n) is 3.50. The fourth-order valence-corrected chi connectivity index (χ4v) is 2.42. The Labute approximate surface area is 126 Å². The average Bonchev–Trinajstić information content (AvgIpc) is 3.12. The Morgan fingerprint density at radius 3 is 2.77 bits per heavy atom. The molecule has 1 unspecified atom stereocenters. The second-order valence-corrected chi connectivity index (χ2v) is 4.80. The first-order valence-corrected chi connectivity index (χ1v) is 6.75. The highest BCUT2D eigenvalue weighted by molar-refractivity contribution is 5.98. The summed E-state index contributed by atoms with van der Waals surface area (Å²) >= 11 is 0. The monoisotopic (exact) mass is 305 g/mol. The molecule has 0 aliphatic carbocycles. The number of hydrogen-bond donors (Lipinski definition) is 1. The minimum absolute atomic E-state index is 0.237. The van der Waals surface area contributed by atoms with E-state index >= 15 is 0 Å². The zero-order chi connectivity index (χ0) is 15.7. The highest BCUT2D eigenvalue weighted by Crippen LogP contribution is 2.35. The van der Waals surface area contributed by atoms with Gasteiger partial charge >= 0.3 is 11.9 Å². The molecule has 1 saturated heterocycles. The fraction of sp³-hybridized carbons (Fsp3) is 0.333. The largest absolute Gasteiger partial charge is 0.493 e. The maximum Gasteiger partial charge on any atom is 0.355 e. The van der Waals surface area contributed by atoms with E-state index in [0.29, 0.717) is 28.8 Å². The highest BCUT2D eigenvalue weighted by atomic mass is 16.6. The van der Waals surface area contributed by atoms with Gasteiger partial charge in [0.15, 0.2) is 11.5 Å². The maximum atomic E-state index is 12.1. The number of hydrogen-bond acceptors (Lipinski definition) is 6. The van der Waals surface area contributed by atoms with Gasteiger partial charge in [0.2, 0.25) is 6.10 Å². The summed E-state index contributed by atoms with van der Waals surface area (Å²) in [7, 11) is 3.06. The van der Waals surface area contributed by atoms with Crippen LogP contribution < -0.4 is 9.47 Å². The Morgan fingerprint density at radius 2 is 2.14 bits per heavy atom. The van der Waals surface area contributed by atoms with Crippen LogP contribution in [0.1, 0.15) is 16.9 Å². The summed E-state index contributed by atoms with van der Waals surface area (Å²) in [6, 6.07) is 5.12. The number of benzene rings is 1. The molecule has 3 rings (SSSR count). The minimum atomic E-state index is -0.838. The molecule has 2 aromatic rings. The van der Waals surface area contributed by atoms with Crippen LogP contribution in [-0.4, -0.2) is 43.9 Å². The number of aromatic amines is 1. The molecule has 1 aliphatic heterocycles. The summed E-state index contributed by atoms with van der Waals surface area (Å²) in [6.45, 7) is 0.272. The minimum Gasteiger partial charge on any atom is -0.493 e. The van der Waals surface area contributed by atoms with Gasteiger partial charge in [0.05, 0.1) is 26.3 Å². The van der Waals surface area contributed by atoms with E-state index in [0.717, 1.165) is 0 Å². The lowest BCUT2D eigenvalue weighted by Crippen LogP contribution is -2.22. The predicted octanol–water partition coefficient (Wildman–Crippen LogP) is 1.66. The van der Waals surface area contributed by atoms with Crippen LogP contribution in [0.5, 0.6) is 11.5 Å². The lowest BCUT2D eigenvalue weighted by molar-refractivity contribution is -0.145. The summed E-state index contributed by atoms with van der Waals surface area (Å²) in [5.41, 5.74) is 0.944. The molecule has 7 nitrogen and oxygen atoms in total. The summed E-state index contributed by atoms with van der Waals surface area (Å²) in [6.07, 6.45) is -0.461. The number of H-pyrrole nitrogens is 1. The highest BCUT2D eigenvalue weighted by Gasteiger charge is 2.31. The number of aromatic nitrogens is 1. The first-order valence-electron chi connectivity index (χ1n) is 6.75. The zero-order valence-electron chi connectivity index (χ0n) is 12.2. The number of methoxy groups -OCH3 is 2. The zero-order valence-corrected chi connectivity index (χ0v) is 12.2. The van der Waals surface area contributed by atoms with Crippen LogP contribution in [0.3, 0.4) is 0 Å². The van der Waals surface area contributed by atoms with Crippen LogP contribution in [0, 0.1) is 0 Å². The number of esters is 2. The summed E-state index contributed by atoms with van der Waals surface area (Å²) in [4.78, 5) is 26.4. The molecule has 0 spiro atoms. The molecule has 1 aromatic heterocycles. The van der Waals surface area contributed by atoms with Crippen LogP contribution in [0.2, 0.25) is 0 Å². The van der Waals surface area contributed by atoms with Crippen molar-refractivity contribution in [1.82, 2.24) is 4.98 Å². The van der Waals surface area contributed by atoms with Crippen molar-refractivity contribution < 1.29 is 28.5 Å². The van der Waals surface area contributed by atoms with Gasteiger partial charge in [0.1, 0.15) is 5.69 Å². The number of rotatable bonds is 4. The number of nitrogens with one attached hydrogen (secondary N) is 1. The summed E-state index contributed by atoms with van der Waals surface area (Å²) in [5, 5.41) is 0.697. The molecular formula is C15H15NO6. The molecule has 1 N–H and O–H groups in total. The van der Waals surface area contributed by atoms with E-state index < -0.39 is 18.0 Å². The van der Waals surface area contributed by atoms with Crippen LogP contribution in [-0.2, 0) is 14.3 Å². The van der Waals surface area contributed by atoms with Crippen molar-refractivity contribution in [2.75, 3.05) is 20.8 Å². The lowest BCUT2D eigenvalue weighted by Gasteiger charge is -2.07. The van der Waals surface area contributed by atoms with E-state index in [4.69, 9.17) is 18.9 Å². The molecule has 0 amide bonds. The Balaban J connectivity index is 1.91. The van der Waals surface area contributed by atoms with Crippen molar-refractivity contribution in [3.8, 4) is 11.5 Å². The Kier molecular flexibility index (Phi) is 3.62. The third-order valence-corrected chi connectivity index (χ3v) is 3.50. The number of fused-ring (bicyclic) bond motifs is 1. The third kappa shape index (κ3) is 2.34. The van der Waals surface area contributed by atoms with Crippen molar-refractivity contribution in [3.63, 3.8) is 0 Å². The number of carbonyl (C=O) groups excluding carboxylic acids is 2. The van der Waals surface area contributed by atoms with Gasteiger partial charge in [-0.2, -0.15) is 0 Å². The van der Waals surface area contributed by atoms with Crippen molar-refractivity contribution in [2.45, 2.75) is 12.5 Å². The summed E-state index contributed by atoms with van der Waals surface area (Å²) < 4.78 is 20.5. The van der Waals surface area contributed by atoms with E-state index in [1.807, 2.05) is 0 Å². The first kappa shape index (κ1) is 14.2. The average molecular weight is 305 g/mol. The van der Waals surface area contributed by atoms with Gasteiger partial charge in [-0.05, 0) is 18.2 Å². The molecule has 116 valence electrons. The van der Waals surface area contributed by atoms with Crippen LogP contribution in [0.4, 0.5) is 0 Å². The molecule has 1 atom stereocenters. The molecule has 22 heavy (non-hydrogen) atoms. The van der Waals surface area contributed by atoms with Gasteiger partial charge in [0, 0.05) is 11.8 Å². The Hall–Kier alpha value is -2.70. The van der Waals surface area contributed by atoms with Crippen molar-refractivity contribution in [1.29, 1.82) is 0 Å². The van der Waals surface area contributed by atoms with Crippen LogP contribution in [0.25, 0.3) is 10.9 Å². The molecule has 0 bridgehead atoms. The molecule has 1 fully saturated rings. The number of cyclic esters (lactones) is 1. The van der Waals surface area contributed by atoms with Gasteiger partial charge < -0.3 is 23.9 Å². The Bertz CT molecular complexity index is 735. The van der Waals surface area contributed by atoms with Crippen molar-refractivity contribution in [3.05, 3.63) is 23.9 Å². The second kappa shape index (κ2) is 5.59. The topological polar surface area (TPSA) is 86.9 Å². The van der Waals surface area contributed by atoms with Gasteiger partial charge in [-0.3, -0.25) is 0 Å². The van der Waals surface area contributed by atoms with Gasteiger partial charge in [-0.1, -0.05) is 0 Å². The number of carbonyl (C=O) groups is 2. The van der Waals surface area contributed by atoms with E-state index in [9.17, 15) is 9.59 Å². The first-order chi connectivity index (χ1) is 10.6. The Morgan fingerprint density at radius 1 is 1.32 bits per heavy atom. The molecule has 1 aromatic carbocycles. The lowest BCUT2D eigenvalue weighted by atomic mass is 10.2. The van der Waals surface area contributed by atoms with Crippen molar-refractivity contribution in [2.24, 2.45) is 0 Å². The molecule has 0 saturated carbocycles. The standard InChI is InChI=1S/C15H15NO6/c1-19-11-4-3-9-8(13(11)20-2)7-10(16-9)14(17)22-12-5-6-21-15(12)18/h3-4,7,12,16H,5-6H2,1-2H3. The van der Waals surface area contributed by atoms with E-state index in [1.54, 1.807) is 18.2 Å². The van der Waals surface area contributed by atoms with Crippen LogP contribution in [0.15, 0.2) is 18.2 Å². The number of ether oxygens (including phenoxy) is 4. The molecule has 2 heterocycles. The molecule has 7 heteroatoms. The predicted molar refractivity (Wildman–Crippen MR) is 76.2 cm³/mol. The maximum absolute atomic E-state index is 12.1. The second-order valence-electron chi connectivity index (χ2n) is 4.80. The normalized spacial score (nSPS) is 17.4.